The zero-order valence-corrected chi connectivity index (χ0v) is 17.2. The summed E-state index contributed by atoms with van der Waals surface area (Å²) >= 11 is 5.92. The molecule has 2 heterocycles. The molecule has 6 heteroatoms. The highest BCUT2D eigenvalue weighted by molar-refractivity contribution is 6.30. The first kappa shape index (κ1) is 21.3. The molecule has 5 nitrogen and oxygen atoms in total. The second-order valence-corrected chi connectivity index (χ2v) is 8.67. The zero-order chi connectivity index (χ0) is 20.7. The Morgan fingerprint density at radius 1 is 1.13 bits per heavy atom. The van der Waals surface area contributed by atoms with E-state index in [0.717, 1.165) is 37.2 Å². The number of Topliss-reactive ketones (excluding diaryl/α,β-unsaturated/α-hetero) is 1. The highest BCUT2D eigenvalue weighted by Crippen LogP contribution is 2.50. The minimum atomic E-state index is -0.604. The Morgan fingerprint density at radius 3 is 2.61 bits per heavy atom. The van der Waals surface area contributed by atoms with E-state index in [-0.39, 0.29) is 31.6 Å². The summed E-state index contributed by atoms with van der Waals surface area (Å²) in [6, 6.07) is 14.9. The third-order valence-electron chi connectivity index (χ3n) is 6.24. The highest BCUT2D eigenvalue weighted by Gasteiger charge is 2.51. The maximum atomic E-state index is 13.2. The van der Waals surface area contributed by atoms with Crippen molar-refractivity contribution in [2.45, 2.75) is 45.6 Å². The Balaban J connectivity index is 0.00000231. The number of hydrogen-bond acceptors (Lipinski definition) is 3. The van der Waals surface area contributed by atoms with Gasteiger partial charge in [0.05, 0.1) is 11.5 Å². The lowest BCUT2D eigenvalue weighted by Crippen LogP contribution is -2.37. The van der Waals surface area contributed by atoms with Crippen molar-refractivity contribution in [1.82, 2.24) is 14.9 Å². The van der Waals surface area contributed by atoms with Gasteiger partial charge in [-0.05, 0) is 61.6 Å². The van der Waals surface area contributed by atoms with Crippen LogP contribution in [0.4, 0.5) is 0 Å². The molecule has 0 saturated heterocycles. The van der Waals surface area contributed by atoms with Crippen LogP contribution in [-0.2, 0) is 11.2 Å². The van der Waals surface area contributed by atoms with Gasteiger partial charge in [-0.3, -0.25) is 9.59 Å². The molecule has 1 aliphatic carbocycles. The lowest BCUT2D eigenvalue weighted by atomic mass is 9.94. The predicted octanol–water partition coefficient (Wildman–Crippen LogP) is 5.32. The standard InChI is InChI=1S/C24H22ClN3O2.CH4/c25-18-8-5-17(6-9-18)21(29)15-24(11-12-24)23(30)27-19-10-7-16-3-1-2-4-20(16)28-14-13-26-22(19)28;/h1-6,8-9,13-14,19H,7,10-12,15H2,(H,27,30);1H4/t19-;/m1./s1. The van der Waals surface area contributed by atoms with Gasteiger partial charge in [-0.25, -0.2) is 4.98 Å². The van der Waals surface area contributed by atoms with Crippen LogP contribution in [-0.4, -0.2) is 21.2 Å². The van der Waals surface area contributed by atoms with Crippen LogP contribution in [0.1, 0.15) is 60.9 Å². The van der Waals surface area contributed by atoms with Crippen LogP contribution in [0.3, 0.4) is 0 Å². The Labute approximate surface area is 187 Å². The number of imidazole rings is 1. The van der Waals surface area contributed by atoms with Gasteiger partial charge < -0.3 is 9.88 Å². The number of amides is 1. The molecule has 5 rings (SSSR count). The number of para-hydroxylation sites is 1. The monoisotopic (exact) mass is 435 g/mol. The van der Waals surface area contributed by atoms with Gasteiger partial charge in [-0.2, -0.15) is 0 Å². The van der Waals surface area contributed by atoms with Gasteiger partial charge in [-0.1, -0.05) is 37.2 Å². The van der Waals surface area contributed by atoms with E-state index in [0.29, 0.717) is 10.6 Å². The van der Waals surface area contributed by atoms with Crippen LogP contribution in [0, 0.1) is 5.41 Å². The van der Waals surface area contributed by atoms with Gasteiger partial charge in [-0.15, -0.1) is 0 Å². The first-order chi connectivity index (χ1) is 14.6. The molecule has 2 aromatic carbocycles. The second-order valence-electron chi connectivity index (χ2n) is 8.24. The molecule has 0 unspecified atom stereocenters. The largest absolute Gasteiger partial charge is 0.346 e. The maximum absolute atomic E-state index is 13.2. The second kappa shape index (κ2) is 8.31. The Morgan fingerprint density at radius 2 is 1.87 bits per heavy atom. The Bertz CT molecular complexity index is 1120. The normalized spacial score (nSPS) is 18.0. The Hall–Kier alpha value is -2.92. The summed E-state index contributed by atoms with van der Waals surface area (Å²) in [5, 5.41) is 3.80. The van der Waals surface area contributed by atoms with Crippen molar-refractivity contribution in [1.29, 1.82) is 0 Å². The summed E-state index contributed by atoms with van der Waals surface area (Å²) in [6.45, 7) is 0. The number of halogens is 1. The molecule has 0 bridgehead atoms. The number of fused-ring (bicyclic) bond motifs is 3. The lowest BCUT2D eigenvalue weighted by Gasteiger charge is -2.21. The summed E-state index contributed by atoms with van der Waals surface area (Å²) in [7, 11) is 0. The van der Waals surface area contributed by atoms with E-state index < -0.39 is 5.41 Å². The van der Waals surface area contributed by atoms with Crippen LogP contribution in [0.25, 0.3) is 5.69 Å². The molecule has 2 aliphatic rings. The number of carbonyl (C=O) groups is 2. The van der Waals surface area contributed by atoms with E-state index in [9.17, 15) is 9.59 Å². The quantitative estimate of drug-likeness (QED) is 0.551. The van der Waals surface area contributed by atoms with Crippen LogP contribution in [0.15, 0.2) is 60.9 Å². The van der Waals surface area contributed by atoms with E-state index in [2.05, 4.69) is 27.0 Å². The predicted molar refractivity (Wildman–Crippen MR) is 122 cm³/mol. The number of carbonyl (C=O) groups excluding carboxylic acids is 2. The van der Waals surface area contributed by atoms with Gasteiger partial charge in [0, 0.05) is 35.1 Å². The highest BCUT2D eigenvalue weighted by atomic mass is 35.5. The molecule has 0 spiro atoms. The van der Waals surface area contributed by atoms with Crippen molar-refractivity contribution in [3.05, 3.63) is 82.9 Å². The summed E-state index contributed by atoms with van der Waals surface area (Å²) in [5.41, 5.74) is 2.35. The fourth-order valence-corrected chi connectivity index (χ4v) is 4.42. The molecule has 0 radical (unpaired) electrons. The van der Waals surface area contributed by atoms with Crippen molar-refractivity contribution < 1.29 is 9.59 Å². The average molecular weight is 436 g/mol. The van der Waals surface area contributed by atoms with Gasteiger partial charge >= 0.3 is 0 Å². The number of aryl methyl sites for hydroxylation is 1. The summed E-state index contributed by atoms with van der Waals surface area (Å²) in [4.78, 5) is 30.5. The van der Waals surface area contributed by atoms with E-state index in [1.807, 2.05) is 18.3 Å². The molecular formula is C25H26ClN3O2. The van der Waals surface area contributed by atoms with Crippen LogP contribution < -0.4 is 5.32 Å². The smallest absolute Gasteiger partial charge is 0.227 e. The van der Waals surface area contributed by atoms with Crippen molar-refractivity contribution in [2.24, 2.45) is 5.41 Å². The number of benzene rings is 2. The SMILES string of the molecule is C.O=C(CC1(C(=O)N[C@@H]2CCc3ccccc3-n3ccnc32)CC1)c1ccc(Cl)cc1. The van der Waals surface area contributed by atoms with E-state index in [4.69, 9.17) is 11.6 Å². The van der Waals surface area contributed by atoms with Crippen LogP contribution in [0.2, 0.25) is 5.02 Å². The maximum Gasteiger partial charge on any atom is 0.227 e. The van der Waals surface area contributed by atoms with Crippen molar-refractivity contribution >= 4 is 23.3 Å². The van der Waals surface area contributed by atoms with Gasteiger partial charge in [0.25, 0.3) is 0 Å². The van der Waals surface area contributed by atoms with Crippen molar-refractivity contribution in [3.63, 3.8) is 0 Å². The topological polar surface area (TPSA) is 64.0 Å². The molecule has 1 saturated carbocycles. The minimum absolute atomic E-state index is 0. The van der Waals surface area contributed by atoms with Crippen LogP contribution >= 0.6 is 11.6 Å². The lowest BCUT2D eigenvalue weighted by molar-refractivity contribution is -0.127. The molecule has 31 heavy (non-hydrogen) atoms. The van der Waals surface area contributed by atoms with Crippen LogP contribution in [0.5, 0.6) is 0 Å². The summed E-state index contributed by atoms with van der Waals surface area (Å²) in [6.07, 6.45) is 7.05. The first-order valence-corrected chi connectivity index (χ1v) is 10.6. The van der Waals surface area contributed by atoms with Gasteiger partial charge in [0.2, 0.25) is 5.91 Å². The molecule has 1 amide bonds. The number of rotatable bonds is 5. The minimum Gasteiger partial charge on any atom is -0.346 e. The van der Waals surface area contributed by atoms with Gasteiger partial charge in [0.15, 0.2) is 5.78 Å². The molecule has 1 fully saturated rings. The molecule has 1 aliphatic heterocycles. The molecule has 1 N–H and O–H groups in total. The number of aromatic nitrogens is 2. The third kappa shape index (κ3) is 4.02. The number of ketones is 1. The van der Waals surface area contributed by atoms with E-state index >= 15 is 0 Å². The van der Waals surface area contributed by atoms with Crippen molar-refractivity contribution in [3.8, 4) is 5.69 Å². The molecular weight excluding hydrogens is 410 g/mol. The van der Waals surface area contributed by atoms with Gasteiger partial charge in [0.1, 0.15) is 5.82 Å². The summed E-state index contributed by atoms with van der Waals surface area (Å²) < 4.78 is 2.06. The number of nitrogens with zero attached hydrogens (tertiary/aromatic N) is 2. The molecule has 160 valence electrons. The summed E-state index contributed by atoms with van der Waals surface area (Å²) in [5.74, 6) is 0.775. The Kier molecular flexibility index (Phi) is 5.71. The van der Waals surface area contributed by atoms with Crippen molar-refractivity contribution in [2.75, 3.05) is 0 Å². The molecule has 3 aromatic rings. The number of nitrogens with one attached hydrogen (secondary N) is 1. The molecule has 1 aromatic heterocycles. The fourth-order valence-electron chi connectivity index (χ4n) is 4.29. The third-order valence-corrected chi connectivity index (χ3v) is 6.49. The zero-order valence-electron chi connectivity index (χ0n) is 16.5. The van der Waals surface area contributed by atoms with E-state index in [1.165, 1.54) is 5.56 Å². The average Bonchev–Trinajstić information content (AvgIpc) is 3.41. The fraction of sp³-hybridized carbons (Fsp3) is 0.320. The first-order valence-electron chi connectivity index (χ1n) is 10.3. The number of hydrogen-bond donors (Lipinski definition) is 1. The molecule has 1 atom stereocenters. The van der Waals surface area contributed by atoms with E-state index in [1.54, 1.807) is 30.5 Å².